The lowest BCUT2D eigenvalue weighted by molar-refractivity contribution is -0.303. The third kappa shape index (κ3) is 7.22. The van der Waals surface area contributed by atoms with Crippen molar-refractivity contribution in [2.75, 3.05) is 33.4 Å². The van der Waals surface area contributed by atoms with Crippen molar-refractivity contribution in [3.8, 4) is 0 Å². The Morgan fingerprint density at radius 3 is 2.32 bits per heavy atom. The van der Waals surface area contributed by atoms with Crippen LogP contribution in [0.5, 0.6) is 0 Å². The van der Waals surface area contributed by atoms with Crippen LogP contribution in [0.15, 0.2) is 0 Å². The molecule has 4 aliphatic rings. The molecule has 1 unspecified atom stereocenters. The summed E-state index contributed by atoms with van der Waals surface area (Å²) in [6.07, 6.45) is -12.3. The van der Waals surface area contributed by atoms with Gasteiger partial charge in [0.2, 0.25) is 0 Å². The molecule has 0 radical (unpaired) electrons. The monoisotopic (exact) mass is 637 g/mol. The van der Waals surface area contributed by atoms with E-state index in [2.05, 4.69) is 16.0 Å². The van der Waals surface area contributed by atoms with Crippen molar-refractivity contribution in [1.82, 2.24) is 16.0 Å². The zero-order valence-corrected chi connectivity index (χ0v) is 25.1. The number of aliphatic hydroxyl groups excluding tert-OH is 6. The van der Waals surface area contributed by atoms with Gasteiger partial charge in [0.15, 0.2) is 6.29 Å². The number of likely N-dealkylation sites (N-methyl/N-ethyl adjacent to an activating group) is 1. The van der Waals surface area contributed by atoms with Gasteiger partial charge in [0.05, 0.1) is 37.0 Å². The Bertz CT molecular complexity index is 960. The summed E-state index contributed by atoms with van der Waals surface area (Å²) in [6, 6.07) is -3.19. The minimum atomic E-state index is -1.72. The minimum absolute atomic E-state index is 0.0355. The Kier molecular flexibility index (Phi) is 11.6. The van der Waals surface area contributed by atoms with Crippen molar-refractivity contribution < 1.29 is 59.9 Å². The maximum absolute atomic E-state index is 13.1. The summed E-state index contributed by atoms with van der Waals surface area (Å²) in [7, 11) is 1.54. The van der Waals surface area contributed by atoms with Crippen LogP contribution in [0.25, 0.3) is 0 Å². The Hall–Kier alpha value is -1.13. The van der Waals surface area contributed by atoms with Crippen molar-refractivity contribution in [2.45, 2.75) is 123 Å². The van der Waals surface area contributed by atoms with Crippen LogP contribution in [0.2, 0.25) is 0 Å². The van der Waals surface area contributed by atoms with Gasteiger partial charge >= 0.3 is 0 Å². The lowest BCUT2D eigenvalue weighted by Gasteiger charge is -2.52. The molecule has 2 saturated carbocycles. The topological polar surface area (TPSA) is 295 Å². The molecule has 2 saturated heterocycles. The van der Waals surface area contributed by atoms with E-state index in [0.717, 1.165) is 0 Å². The molecule has 15 N–H and O–H groups in total. The van der Waals surface area contributed by atoms with E-state index < -0.39 is 96.3 Å². The van der Waals surface area contributed by atoms with E-state index in [1.54, 1.807) is 7.05 Å². The van der Waals surface area contributed by atoms with Gasteiger partial charge < -0.3 is 82.5 Å². The maximum Gasteiger partial charge on any atom is 0.252 e. The van der Waals surface area contributed by atoms with Crippen LogP contribution in [0, 0.1) is 5.92 Å². The number of aliphatic hydroxyl groups is 8. The average molecular weight is 638 g/mol. The fourth-order valence-corrected chi connectivity index (χ4v) is 6.98. The fourth-order valence-electron chi connectivity index (χ4n) is 6.98. The molecule has 0 aromatic carbocycles. The number of rotatable bonds is 11. The van der Waals surface area contributed by atoms with Gasteiger partial charge in [-0.2, -0.15) is 0 Å². The Balaban J connectivity index is 1.58. The van der Waals surface area contributed by atoms with Crippen molar-refractivity contribution in [1.29, 1.82) is 0 Å². The van der Waals surface area contributed by atoms with Crippen molar-refractivity contribution in [3.05, 3.63) is 0 Å². The first-order chi connectivity index (χ1) is 20.6. The summed E-state index contributed by atoms with van der Waals surface area (Å²) in [5.74, 6) is -1.84. The molecule has 4 rings (SSSR count). The number of nitrogens with two attached hydrogens (primary N) is 2. The van der Waals surface area contributed by atoms with Gasteiger partial charge in [0.25, 0.3) is 5.91 Å². The third-order valence-corrected chi connectivity index (χ3v) is 9.51. The average Bonchev–Trinajstić information content (AvgIpc) is 2.94. The quantitative estimate of drug-likeness (QED) is 0.0937. The first kappa shape index (κ1) is 35.7. The van der Waals surface area contributed by atoms with Gasteiger partial charge in [-0.3, -0.25) is 4.79 Å². The number of amides is 1. The van der Waals surface area contributed by atoms with Gasteiger partial charge in [-0.1, -0.05) is 0 Å². The molecule has 17 heteroatoms. The number of hydrogen-bond acceptors (Lipinski definition) is 16. The highest BCUT2D eigenvalue weighted by atomic mass is 16.7. The fraction of sp³-hybridized carbons (Fsp3) is 0.963. The zero-order chi connectivity index (χ0) is 32.6. The first-order valence-corrected chi connectivity index (χ1v) is 15.2. The summed E-state index contributed by atoms with van der Waals surface area (Å²) >= 11 is 0. The van der Waals surface area contributed by atoms with E-state index in [1.807, 2.05) is 0 Å². The van der Waals surface area contributed by atoms with Crippen LogP contribution >= 0.6 is 0 Å². The van der Waals surface area contributed by atoms with E-state index in [9.17, 15) is 40.5 Å². The first-order valence-electron chi connectivity index (χ1n) is 15.2. The Labute approximate surface area is 255 Å². The van der Waals surface area contributed by atoms with E-state index in [1.165, 1.54) is 6.92 Å². The van der Waals surface area contributed by atoms with Crippen LogP contribution in [0.3, 0.4) is 0 Å². The van der Waals surface area contributed by atoms with Crippen LogP contribution in [0.4, 0.5) is 0 Å². The number of carbonyl (C=O) groups excluding carboxylic acids is 1. The normalized spacial score (nSPS) is 49.7. The van der Waals surface area contributed by atoms with Crippen LogP contribution in [-0.4, -0.2) is 171 Å². The molecule has 4 fully saturated rings. The van der Waals surface area contributed by atoms with Gasteiger partial charge in [-0.25, -0.2) is 0 Å². The molecule has 2 aliphatic carbocycles. The lowest BCUT2D eigenvalue weighted by atomic mass is 9.71. The highest BCUT2D eigenvalue weighted by molar-refractivity contribution is 5.86. The summed E-state index contributed by atoms with van der Waals surface area (Å²) < 4.78 is 17.8. The van der Waals surface area contributed by atoms with Gasteiger partial charge in [-0.05, 0) is 33.4 Å². The van der Waals surface area contributed by atoms with Crippen molar-refractivity contribution >= 4 is 5.91 Å². The number of carbonyl (C=O) groups is 1. The third-order valence-electron chi connectivity index (χ3n) is 9.51. The molecular weight excluding hydrogens is 586 g/mol. The molecule has 14 atom stereocenters. The number of hydrogen-bond donors (Lipinski definition) is 13. The van der Waals surface area contributed by atoms with E-state index >= 15 is 0 Å². The molecule has 0 spiro atoms. The molecule has 1 amide bonds. The summed E-state index contributed by atoms with van der Waals surface area (Å²) in [5, 5.41) is 94.0. The van der Waals surface area contributed by atoms with Crippen molar-refractivity contribution in [2.24, 2.45) is 17.4 Å². The second kappa shape index (κ2) is 14.3. The van der Waals surface area contributed by atoms with Crippen LogP contribution in [0.1, 0.15) is 32.6 Å². The predicted molar refractivity (Wildman–Crippen MR) is 152 cm³/mol. The molecule has 0 aromatic heterocycles. The van der Waals surface area contributed by atoms with Crippen molar-refractivity contribution in [3.63, 3.8) is 0 Å². The Morgan fingerprint density at radius 2 is 1.70 bits per heavy atom. The smallest absolute Gasteiger partial charge is 0.252 e. The maximum atomic E-state index is 13.1. The van der Waals surface area contributed by atoms with Crippen LogP contribution in [-0.2, 0) is 19.0 Å². The predicted octanol–water partition coefficient (Wildman–Crippen LogP) is -6.71. The van der Waals surface area contributed by atoms with Crippen LogP contribution < -0.4 is 27.4 Å². The molecule has 0 aromatic rings. The van der Waals surface area contributed by atoms with Gasteiger partial charge in [0, 0.05) is 44.0 Å². The standard InChI is InChI=1S/C27H51N5O12/c1-26(40)10-42-24(20(38)23(26)30-2)44-21-13(32-25(39)27(41)7-11(28)8-27)6-12(29)15(17(21)35)22-19(37)18(36)16(34)14(43-22)9-31-4-3-5-33/h11-24,30-31,33-38,40-41H,3-10,28-29H2,1-2H3,(H,32,39)/t11?,12-,13+,14+,15?,16+,17-,18-,19+,20+,21-,22+,23+,24+,26-,27?/m0/s1. The molecule has 0 bridgehead atoms. The molecule has 256 valence electrons. The molecule has 2 aliphatic heterocycles. The van der Waals surface area contributed by atoms with Gasteiger partial charge in [0.1, 0.15) is 41.7 Å². The Morgan fingerprint density at radius 1 is 1.02 bits per heavy atom. The largest absolute Gasteiger partial charge is 0.396 e. The highest BCUT2D eigenvalue weighted by Gasteiger charge is 2.57. The minimum Gasteiger partial charge on any atom is -0.396 e. The summed E-state index contributed by atoms with van der Waals surface area (Å²) in [6.45, 7) is 1.65. The molecular formula is C27H51N5O12. The molecule has 2 heterocycles. The number of nitrogens with one attached hydrogen (secondary N) is 3. The molecule has 17 nitrogen and oxygen atoms in total. The second-order valence-corrected chi connectivity index (χ2v) is 13.0. The SMILES string of the molecule is CN[C@@H]1[C@@H](O)[C@@H](O[C@H]2[C@H](NC(=O)C3(O)CC(N)C3)C[C@H](N)C([C@H]3O[C@H](CNCCCO)[C@@H](O)[C@H](O)[C@H]3O)[C@@H]2O)OC[C@]1(C)O. The molecule has 44 heavy (non-hydrogen) atoms. The number of ether oxygens (including phenoxy) is 3. The highest BCUT2D eigenvalue weighted by Crippen LogP contribution is 2.38. The summed E-state index contributed by atoms with van der Waals surface area (Å²) in [4.78, 5) is 13.1. The second-order valence-electron chi connectivity index (χ2n) is 13.0. The van der Waals surface area contributed by atoms with E-state index in [-0.39, 0.29) is 45.1 Å². The zero-order valence-electron chi connectivity index (χ0n) is 25.1. The van der Waals surface area contributed by atoms with Gasteiger partial charge in [-0.15, -0.1) is 0 Å². The lowest BCUT2D eigenvalue weighted by Crippen LogP contribution is -2.72. The van der Waals surface area contributed by atoms with E-state index in [4.69, 9.17) is 30.8 Å². The summed E-state index contributed by atoms with van der Waals surface area (Å²) in [5.41, 5.74) is 9.14. The van der Waals surface area contributed by atoms with E-state index in [0.29, 0.717) is 13.0 Å².